The molecule has 1 aliphatic carbocycles. The average molecular weight is 546 g/mol. The Morgan fingerprint density at radius 1 is 1.18 bits per heavy atom. The summed E-state index contributed by atoms with van der Waals surface area (Å²) in [7, 11) is -2.55. The number of Topliss-reactive ketones (excluding diaryl/α,β-unsaturated/α-hetero) is 1. The molecular weight excluding hydrogens is 514 g/mol. The molecule has 204 valence electrons. The zero-order valence-electron chi connectivity index (χ0n) is 21.1. The Balaban J connectivity index is 1.47. The van der Waals surface area contributed by atoms with E-state index in [4.69, 9.17) is 5.26 Å². The summed E-state index contributed by atoms with van der Waals surface area (Å²) < 4.78 is 28.6. The zero-order chi connectivity index (χ0) is 27.7. The molecule has 38 heavy (non-hydrogen) atoms. The van der Waals surface area contributed by atoms with Crippen molar-refractivity contribution in [2.24, 2.45) is 7.05 Å². The first-order valence-corrected chi connectivity index (χ1v) is 13.8. The van der Waals surface area contributed by atoms with Gasteiger partial charge >= 0.3 is 0 Å². The molecule has 12 nitrogen and oxygen atoms in total. The fourth-order valence-electron chi connectivity index (χ4n) is 4.71. The number of carbonyl (C=O) groups is 2. The summed E-state index contributed by atoms with van der Waals surface area (Å²) in [4.78, 5) is 27.8. The zero-order valence-corrected chi connectivity index (χ0v) is 21.9. The number of aromatic nitrogens is 2. The van der Waals surface area contributed by atoms with E-state index in [2.05, 4.69) is 15.9 Å². The monoisotopic (exact) mass is 545 g/mol. The fourth-order valence-corrected chi connectivity index (χ4v) is 6.65. The maximum Gasteiger partial charge on any atom is 0.272 e. The van der Waals surface area contributed by atoms with Crippen LogP contribution in [0.25, 0.3) is 0 Å². The molecule has 4 rings (SSSR count). The van der Waals surface area contributed by atoms with Crippen LogP contribution in [0.4, 0.5) is 0 Å². The highest BCUT2D eigenvalue weighted by Crippen LogP contribution is 2.45. The van der Waals surface area contributed by atoms with Crippen LogP contribution in [0.5, 0.6) is 0 Å². The molecule has 1 saturated carbocycles. The van der Waals surface area contributed by atoms with E-state index < -0.39 is 46.0 Å². The first-order chi connectivity index (χ1) is 18.0. The van der Waals surface area contributed by atoms with E-state index in [9.17, 15) is 33.3 Å². The second kappa shape index (κ2) is 10.5. The van der Waals surface area contributed by atoms with Crippen molar-refractivity contribution in [3.63, 3.8) is 0 Å². The summed E-state index contributed by atoms with van der Waals surface area (Å²) in [6.07, 6.45) is 1.54. The molecule has 2 aromatic rings. The number of nitrogens with zero attached hydrogens (tertiary/aromatic N) is 4. The summed E-state index contributed by atoms with van der Waals surface area (Å²) in [5, 5.41) is 41.9. The van der Waals surface area contributed by atoms with Crippen LogP contribution in [0, 0.1) is 11.3 Å². The number of ketones is 1. The minimum Gasteiger partial charge on any atom is -0.394 e. The third kappa shape index (κ3) is 5.10. The number of hydrogen-bond acceptors (Lipinski definition) is 9. The van der Waals surface area contributed by atoms with Gasteiger partial charge in [0.15, 0.2) is 5.78 Å². The predicted octanol–water partition coefficient (Wildman–Crippen LogP) is -0.727. The lowest BCUT2D eigenvalue weighted by atomic mass is 9.98. The van der Waals surface area contributed by atoms with Gasteiger partial charge in [0.05, 0.1) is 31.5 Å². The number of aliphatic hydroxyl groups is 3. The molecule has 1 aromatic heterocycles. The first kappa shape index (κ1) is 27.9. The van der Waals surface area contributed by atoms with Crippen LogP contribution in [0.1, 0.15) is 56.9 Å². The number of nitrogens with one attached hydrogen (secondary N) is 1. The minimum atomic E-state index is -4.12. The number of amides is 1. The van der Waals surface area contributed by atoms with Crippen LogP contribution in [-0.2, 0) is 29.9 Å². The van der Waals surface area contributed by atoms with E-state index in [0.29, 0.717) is 24.0 Å². The van der Waals surface area contributed by atoms with E-state index in [1.165, 1.54) is 9.58 Å². The number of nitriles is 1. The van der Waals surface area contributed by atoms with Gasteiger partial charge in [-0.1, -0.05) is 12.1 Å². The Labute approximate surface area is 220 Å². The number of sulfonamides is 1. The standard InChI is InChI=1S/C25H31N5O7S/c1-29-22-19(21(27-29)20(34)7-6-17-2-4-18(12-26)5-3-17)8-11-30(23(22)35)13-25(9-10-25)38(36,37)28-24(14-31,15-32)16-33/h2-5,28,31-33H,6-11,13-16H2,1H3. The third-order valence-electron chi connectivity index (χ3n) is 7.37. The highest BCUT2D eigenvalue weighted by Gasteiger charge is 2.58. The number of hydrogen-bond donors (Lipinski definition) is 4. The number of aryl methyl sites for hydroxylation is 2. The minimum absolute atomic E-state index is 0.105. The van der Waals surface area contributed by atoms with Crippen molar-refractivity contribution in [3.8, 4) is 6.07 Å². The summed E-state index contributed by atoms with van der Waals surface area (Å²) >= 11 is 0. The van der Waals surface area contributed by atoms with Gasteiger partial charge in [0, 0.05) is 32.1 Å². The van der Waals surface area contributed by atoms with Gasteiger partial charge in [-0.05, 0) is 43.4 Å². The van der Waals surface area contributed by atoms with Gasteiger partial charge in [0.25, 0.3) is 5.91 Å². The first-order valence-electron chi connectivity index (χ1n) is 12.3. The SMILES string of the molecule is Cn1nc(C(=O)CCc2ccc(C#N)cc2)c2c1C(=O)N(CC1(S(=O)(=O)NC(CO)(CO)CO)CC1)CC2. The fraction of sp³-hybridized carbons (Fsp3) is 0.520. The Hall–Kier alpha value is -3.15. The molecule has 1 amide bonds. The van der Waals surface area contributed by atoms with Gasteiger partial charge in [-0.3, -0.25) is 14.3 Å². The van der Waals surface area contributed by atoms with Crippen LogP contribution >= 0.6 is 0 Å². The number of carbonyl (C=O) groups excluding carboxylic acids is 2. The van der Waals surface area contributed by atoms with Gasteiger partial charge in [0.2, 0.25) is 10.0 Å². The Kier molecular flexibility index (Phi) is 7.74. The summed E-state index contributed by atoms with van der Waals surface area (Å²) in [6.45, 7) is -2.28. The molecule has 0 atom stereocenters. The van der Waals surface area contributed by atoms with Gasteiger partial charge < -0.3 is 20.2 Å². The van der Waals surface area contributed by atoms with Crippen molar-refractivity contribution < 1.29 is 33.3 Å². The molecule has 0 spiro atoms. The van der Waals surface area contributed by atoms with Crippen LogP contribution in [0.3, 0.4) is 0 Å². The van der Waals surface area contributed by atoms with Crippen molar-refractivity contribution in [1.82, 2.24) is 19.4 Å². The largest absolute Gasteiger partial charge is 0.394 e. The van der Waals surface area contributed by atoms with E-state index >= 15 is 0 Å². The summed E-state index contributed by atoms with van der Waals surface area (Å²) in [5.74, 6) is -0.627. The second-order valence-electron chi connectivity index (χ2n) is 10.1. The molecule has 0 unspecified atom stereocenters. The molecule has 0 saturated heterocycles. The lowest BCUT2D eigenvalue weighted by Gasteiger charge is -2.34. The topological polar surface area (TPSA) is 186 Å². The maximum atomic E-state index is 13.4. The van der Waals surface area contributed by atoms with Crippen molar-refractivity contribution in [2.75, 3.05) is 32.9 Å². The van der Waals surface area contributed by atoms with Crippen molar-refractivity contribution >= 4 is 21.7 Å². The predicted molar refractivity (Wildman–Crippen MR) is 135 cm³/mol. The van der Waals surface area contributed by atoms with E-state index in [1.54, 1.807) is 31.3 Å². The van der Waals surface area contributed by atoms with Crippen molar-refractivity contribution in [1.29, 1.82) is 5.26 Å². The number of fused-ring (bicyclic) bond motifs is 1. The number of benzene rings is 1. The smallest absolute Gasteiger partial charge is 0.272 e. The molecule has 0 radical (unpaired) electrons. The van der Waals surface area contributed by atoms with Crippen LogP contribution in [0.15, 0.2) is 24.3 Å². The molecule has 1 fully saturated rings. The average Bonchev–Trinajstić information content (AvgIpc) is 3.64. The van der Waals surface area contributed by atoms with E-state index in [-0.39, 0.29) is 49.5 Å². The third-order valence-corrected chi connectivity index (χ3v) is 9.75. The summed E-state index contributed by atoms with van der Waals surface area (Å²) in [5.41, 5.74) is 0.661. The Bertz CT molecular complexity index is 1360. The van der Waals surface area contributed by atoms with Gasteiger partial charge in [0.1, 0.15) is 21.7 Å². The molecule has 1 aliphatic heterocycles. The molecule has 1 aromatic carbocycles. The van der Waals surface area contributed by atoms with Gasteiger partial charge in [-0.2, -0.15) is 10.4 Å². The second-order valence-corrected chi connectivity index (χ2v) is 12.1. The highest BCUT2D eigenvalue weighted by atomic mass is 32.2. The normalized spacial score (nSPS) is 16.7. The van der Waals surface area contributed by atoms with Gasteiger partial charge in [-0.25, -0.2) is 13.1 Å². The number of rotatable bonds is 12. The summed E-state index contributed by atoms with van der Waals surface area (Å²) in [6, 6.07) is 9.02. The van der Waals surface area contributed by atoms with Gasteiger partial charge in [-0.15, -0.1) is 0 Å². The quantitative estimate of drug-likeness (QED) is 0.250. The number of aliphatic hydroxyl groups excluding tert-OH is 3. The van der Waals surface area contributed by atoms with Crippen LogP contribution in [0.2, 0.25) is 0 Å². The van der Waals surface area contributed by atoms with Crippen LogP contribution < -0.4 is 4.72 Å². The lowest BCUT2D eigenvalue weighted by Crippen LogP contribution is -2.60. The molecule has 2 aliphatic rings. The van der Waals surface area contributed by atoms with E-state index in [1.807, 2.05) is 0 Å². The van der Waals surface area contributed by atoms with Crippen molar-refractivity contribution in [3.05, 3.63) is 52.3 Å². The molecule has 13 heteroatoms. The molecule has 4 N–H and O–H groups in total. The molecule has 2 heterocycles. The molecule has 0 bridgehead atoms. The van der Waals surface area contributed by atoms with Crippen molar-refractivity contribution in [2.45, 2.75) is 42.4 Å². The van der Waals surface area contributed by atoms with Crippen LogP contribution in [-0.4, -0.2) is 93.3 Å². The Morgan fingerprint density at radius 2 is 1.82 bits per heavy atom. The lowest BCUT2D eigenvalue weighted by molar-refractivity contribution is 0.0575. The Morgan fingerprint density at radius 3 is 2.37 bits per heavy atom. The van der Waals surface area contributed by atoms with E-state index in [0.717, 1.165) is 5.56 Å². The highest BCUT2D eigenvalue weighted by molar-refractivity contribution is 7.91. The maximum absolute atomic E-state index is 13.4. The molecular formula is C25H31N5O7S.